The molecule has 0 aliphatic carbocycles. The normalized spacial score (nSPS) is 21.1. The number of aromatic nitrogens is 1. The summed E-state index contributed by atoms with van der Waals surface area (Å²) in [5, 5.41) is 17.8. The molecule has 2 heterocycles. The van der Waals surface area contributed by atoms with Crippen LogP contribution in [0.4, 0.5) is 0 Å². The molecule has 0 radical (unpaired) electrons. The van der Waals surface area contributed by atoms with Crippen molar-refractivity contribution < 1.29 is 9.84 Å². The molecule has 1 saturated heterocycles. The van der Waals surface area contributed by atoms with Gasteiger partial charge in [-0.1, -0.05) is 70.0 Å². The average Bonchev–Trinajstić information content (AvgIpc) is 2.87. The lowest BCUT2D eigenvalue weighted by atomic mass is 9.66. The third kappa shape index (κ3) is 4.96. The maximum Gasteiger partial charge on any atom is 0.217 e. The zero-order valence-electron chi connectivity index (χ0n) is 19.5. The molecule has 1 fully saturated rings. The first-order valence-corrected chi connectivity index (χ1v) is 13.0. The summed E-state index contributed by atoms with van der Waals surface area (Å²) in [4.78, 5) is 4.84. The van der Waals surface area contributed by atoms with Crippen LogP contribution in [0.1, 0.15) is 29.0 Å². The molecule has 0 saturated carbocycles. The summed E-state index contributed by atoms with van der Waals surface area (Å²) in [7, 11) is 1.64. The van der Waals surface area contributed by atoms with Gasteiger partial charge in [0, 0.05) is 38.8 Å². The fourth-order valence-corrected chi connectivity index (χ4v) is 5.89. The lowest BCUT2D eigenvalue weighted by Gasteiger charge is -2.46. The van der Waals surface area contributed by atoms with Gasteiger partial charge in [0.2, 0.25) is 5.88 Å². The van der Waals surface area contributed by atoms with Crippen molar-refractivity contribution in [1.82, 2.24) is 10.3 Å². The van der Waals surface area contributed by atoms with Gasteiger partial charge in [0.15, 0.2) is 0 Å². The predicted octanol–water partition coefficient (Wildman–Crippen LogP) is 6.37. The Labute approximate surface area is 219 Å². The summed E-state index contributed by atoms with van der Waals surface area (Å²) in [6.45, 7) is 1.46. The van der Waals surface area contributed by atoms with Crippen LogP contribution >= 0.6 is 27.5 Å². The Bertz CT molecular complexity index is 1320. The summed E-state index contributed by atoms with van der Waals surface area (Å²) < 4.78 is 6.80. The molecule has 5 rings (SSSR count). The van der Waals surface area contributed by atoms with Gasteiger partial charge in [-0.2, -0.15) is 0 Å². The lowest BCUT2D eigenvalue weighted by Crippen LogP contribution is -2.54. The fourth-order valence-electron chi connectivity index (χ4n) is 5.38. The molecule has 1 aliphatic heterocycles. The minimum Gasteiger partial charge on any atom is -0.481 e. The molecule has 4 nitrogen and oxygen atoms in total. The van der Waals surface area contributed by atoms with Crippen LogP contribution in [0.15, 0.2) is 83.3 Å². The van der Waals surface area contributed by atoms with E-state index in [9.17, 15) is 5.11 Å². The lowest BCUT2D eigenvalue weighted by molar-refractivity contribution is -0.0544. The molecule has 4 aromatic rings. The smallest absolute Gasteiger partial charge is 0.217 e. The highest BCUT2D eigenvalue weighted by Crippen LogP contribution is 2.47. The second kappa shape index (κ2) is 10.3. The van der Waals surface area contributed by atoms with Gasteiger partial charge in [-0.25, -0.2) is 4.98 Å². The molecule has 180 valence electrons. The number of fused-ring (bicyclic) bond motifs is 1. The molecule has 3 aromatic carbocycles. The average molecular weight is 552 g/mol. The summed E-state index contributed by atoms with van der Waals surface area (Å²) in [5.74, 6) is 0.175. The molecular weight excluding hydrogens is 524 g/mol. The Morgan fingerprint density at radius 1 is 1.11 bits per heavy atom. The van der Waals surface area contributed by atoms with Gasteiger partial charge in [-0.3, -0.25) is 0 Å². The molecule has 1 aliphatic rings. The van der Waals surface area contributed by atoms with E-state index in [1.165, 1.54) is 5.56 Å². The van der Waals surface area contributed by atoms with Crippen LogP contribution in [0.5, 0.6) is 5.88 Å². The van der Waals surface area contributed by atoms with Gasteiger partial charge < -0.3 is 15.2 Å². The van der Waals surface area contributed by atoms with Crippen LogP contribution in [0.3, 0.4) is 0 Å². The number of hydrogen-bond acceptors (Lipinski definition) is 4. The van der Waals surface area contributed by atoms with Crippen LogP contribution in [-0.4, -0.2) is 35.9 Å². The number of methoxy groups -OCH3 is 1. The largest absolute Gasteiger partial charge is 0.481 e. The Morgan fingerprint density at radius 3 is 2.63 bits per heavy atom. The molecule has 1 aromatic heterocycles. The summed E-state index contributed by atoms with van der Waals surface area (Å²) in [6, 6.07) is 26.3. The van der Waals surface area contributed by atoms with Crippen LogP contribution in [0.25, 0.3) is 10.9 Å². The molecule has 2 N–H and O–H groups in total. The van der Waals surface area contributed by atoms with E-state index in [0.717, 1.165) is 46.0 Å². The zero-order chi connectivity index (χ0) is 24.4. The quantitative estimate of drug-likeness (QED) is 0.292. The number of halogens is 2. The summed E-state index contributed by atoms with van der Waals surface area (Å²) >= 11 is 9.84. The third-order valence-electron chi connectivity index (χ3n) is 7.10. The van der Waals surface area contributed by atoms with Gasteiger partial charge in [-0.15, -0.1) is 0 Å². The standard InChI is InChI=1S/C29H28BrClN2O2/c1-35-28-25(17-21-16-23(30)9-12-26(21)33-28)27(20-7-10-24(31)11-8-20)29(34)13-14-32-18-22(29)15-19-5-3-2-4-6-19/h2-12,16-17,22,27,32,34H,13-15,18H2,1H3. The van der Waals surface area contributed by atoms with E-state index in [1.54, 1.807) is 7.11 Å². The highest BCUT2D eigenvalue weighted by molar-refractivity contribution is 9.10. The molecule has 35 heavy (non-hydrogen) atoms. The Kier molecular flexibility index (Phi) is 7.12. The van der Waals surface area contributed by atoms with Gasteiger partial charge in [-0.05, 0) is 66.9 Å². The second-order valence-electron chi connectivity index (χ2n) is 9.24. The number of nitrogens with zero attached hydrogens (tertiary/aromatic N) is 1. The topological polar surface area (TPSA) is 54.4 Å². The number of hydrogen-bond donors (Lipinski definition) is 2. The highest BCUT2D eigenvalue weighted by Gasteiger charge is 2.47. The Hall–Kier alpha value is -2.44. The van der Waals surface area contributed by atoms with Gasteiger partial charge in [0.25, 0.3) is 0 Å². The highest BCUT2D eigenvalue weighted by atomic mass is 79.9. The minimum atomic E-state index is -1.02. The van der Waals surface area contributed by atoms with Crippen LogP contribution in [0, 0.1) is 5.92 Å². The van der Waals surface area contributed by atoms with E-state index in [1.807, 2.05) is 42.5 Å². The molecule has 3 unspecified atom stereocenters. The van der Waals surface area contributed by atoms with E-state index >= 15 is 0 Å². The van der Waals surface area contributed by atoms with Gasteiger partial charge in [0.05, 0.1) is 18.2 Å². The number of ether oxygens (including phenoxy) is 1. The van der Waals surface area contributed by atoms with Crippen molar-refractivity contribution in [3.8, 4) is 5.88 Å². The van der Waals surface area contributed by atoms with Crippen LogP contribution in [0.2, 0.25) is 5.02 Å². The van der Waals surface area contributed by atoms with E-state index < -0.39 is 5.60 Å². The van der Waals surface area contributed by atoms with Crippen molar-refractivity contribution in [1.29, 1.82) is 0 Å². The molecule has 0 bridgehead atoms. The molecular formula is C29H28BrClN2O2. The first-order valence-electron chi connectivity index (χ1n) is 11.8. The maximum absolute atomic E-state index is 12.6. The number of rotatable bonds is 6. The number of aliphatic hydroxyl groups is 1. The van der Waals surface area contributed by atoms with E-state index in [2.05, 4.69) is 57.6 Å². The summed E-state index contributed by atoms with van der Waals surface area (Å²) in [6.07, 6.45) is 1.38. The van der Waals surface area contributed by atoms with Gasteiger partial charge in [0.1, 0.15) is 0 Å². The van der Waals surface area contributed by atoms with Crippen molar-refractivity contribution >= 4 is 38.4 Å². The minimum absolute atomic E-state index is 0.0118. The van der Waals surface area contributed by atoms with Crippen molar-refractivity contribution in [3.05, 3.63) is 105 Å². The van der Waals surface area contributed by atoms with E-state index in [0.29, 0.717) is 17.3 Å². The number of nitrogens with one attached hydrogen (secondary N) is 1. The second-order valence-corrected chi connectivity index (χ2v) is 10.6. The third-order valence-corrected chi connectivity index (χ3v) is 7.85. The van der Waals surface area contributed by atoms with Crippen molar-refractivity contribution in [2.24, 2.45) is 5.92 Å². The van der Waals surface area contributed by atoms with Crippen LogP contribution < -0.4 is 10.1 Å². The zero-order valence-corrected chi connectivity index (χ0v) is 21.9. The Morgan fingerprint density at radius 2 is 1.89 bits per heavy atom. The predicted molar refractivity (Wildman–Crippen MR) is 145 cm³/mol. The summed E-state index contributed by atoms with van der Waals surface area (Å²) in [5.41, 5.74) is 2.90. The molecule has 0 amide bonds. The number of pyridine rings is 1. The first kappa shape index (κ1) is 24.3. The molecule has 0 spiro atoms. The van der Waals surface area contributed by atoms with Crippen molar-refractivity contribution in [2.75, 3.05) is 20.2 Å². The van der Waals surface area contributed by atoms with E-state index in [4.69, 9.17) is 21.3 Å². The number of benzene rings is 3. The molecule has 6 heteroatoms. The van der Waals surface area contributed by atoms with E-state index in [-0.39, 0.29) is 11.8 Å². The fraction of sp³-hybridized carbons (Fsp3) is 0.276. The van der Waals surface area contributed by atoms with Crippen molar-refractivity contribution in [2.45, 2.75) is 24.4 Å². The molecule has 3 atom stereocenters. The first-order chi connectivity index (χ1) is 17.0. The monoisotopic (exact) mass is 550 g/mol. The van der Waals surface area contributed by atoms with Crippen LogP contribution in [-0.2, 0) is 6.42 Å². The van der Waals surface area contributed by atoms with Gasteiger partial charge >= 0.3 is 0 Å². The van der Waals surface area contributed by atoms with Crippen molar-refractivity contribution in [3.63, 3.8) is 0 Å². The Balaban J connectivity index is 1.69. The SMILES string of the molecule is COc1nc2ccc(Br)cc2cc1C(c1ccc(Cl)cc1)C1(O)CCNCC1Cc1ccccc1. The number of piperidine rings is 1. The maximum atomic E-state index is 12.6.